The molecular weight excluding hydrogens is 347 g/mol. The van der Waals surface area contributed by atoms with E-state index in [1.54, 1.807) is 0 Å². The van der Waals surface area contributed by atoms with Crippen molar-refractivity contribution in [2.24, 2.45) is 0 Å². The molecule has 2 rings (SSSR count). The number of nitrogens with zero attached hydrogens (tertiary/aromatic N) is 1. The second-order valence-corrected chi connectivity index (χ2v) is 8.27. The number of hydrogen-bond donors (Lipinski definition) is 2. The monoisotopic (exact) mass is 372 g/mol. The molecule has 25 heavy (non-hydrogen) atoms. The summed E-state index contributed by atoms with van der Waals surface area (Å²) >= 11 is 0. The Morgan fingerprint density at radius 3 is 2.48 bits per heavy atom. The molecule has 0 spiro atoms. The molecule has 1 aliphatic heterocycles. The molecule has 0 aromatic heterocycles. The van der Waals surface area contributed by atoms with Gasteiger partial charge in [-0.2, -0.15) is 4.31 Å². The van der Waals surface area contributed by atoms with Crippen molar-refractivity contribution in [3.05, 3.63) is 30.1 Å². The van der Waals surface area contributed by atoms with E-state index in [9.17, 15) is 22.7 Å². The maximum atomic E-state index is 13.0. The Balaban J connectivity index is 2.13. The molecule has 1 aromatic carbocycles. The molecule has 0 aliphatic carbocycles. The molecule has 1 unspecified atom stereocenters. The molecule has 1 amide bonds. The van der Waals surface area contributed by atoms with Gasteiger partial charge in [0.2, 0.25) is 15.9 Å². The van der Waals surface area contributed by atoms with E-state index in [-0.39, 0.29) is 18.0 Å². The van der Waals surface area contributed by atoms with Gasteiger partial charge in [0, 0.05) is 13.1 Å². The number of benzene rings is 1. The summed E-state index contributed by atoms with van der Waals surface area (Å²) < 4.78 is 39.7. The Morgan fingerprint density at radius 2 is 1.92 bits per heavy atom. The molecule has 1 atom stereocenters. The average Bonchev–Trinajstić information content (AvgIpc) is 3.10. The minimum Gasteiger partial charge on any atom is -0.388 e. The summed E-state index contributed by atoms with van der Waals surface area (Å²) in [6, 6.07) is 3.75. The summed E-state index contributed by atoms with van der Waals surface area (Å²) in [5.74, 6) is -0.934. The van der Waals surface area contributed by atoms with Gasteiger partial charge in [-0.15, -0.1) is 0 Å². The Hall–Kier alpha value is -1.51. The molecule has 0 saturated carbocycles. The van der Waals surface area contributed by atoms with Gasteiger partial charge in [0.05, 0.1) is 10.5 Å². The lowest BCUT2D eigenvalue weighted by molar-refractivity contribution is -0.125. The first-order valence-electron chi connectivity index (χ1n) is 8.51. The first-order chi connectivity index (χ1) is 11.7. The molecule has 1 fully saturated rings. The number of carbonyl (C=O) groups is 1. The Kier molecular flexibility index (Phi) is 6.18. The van der Waals surface area contributed by atoms with Crippen LogP contribution in [0, 0.1) is 5.82 Å². The molecule has 1 aromatic rings. The van der Waals surface area contributed by atoms with Gasteiger partial charge in [0.1, 0.15) is 11.9 Å². The van der Waals surface area contributed by atoms with E-state index < -0.39 is 33.4 Å². The van der Waals surface area contributed by atoms with Crippen molar-refractivity contribution in [3.8, 4) is 0 Å². The van der Waals surface area contributed by atoms with Gasteiger partial charge >= 0.3 is 0 Å². The number of halogens is 1. The number of nitrogens with one attached hydrogen (secondary N) is 1. The van der Waals surface area contributed by atoms with Gasteiger partial charge in [-0.1, -0.05) is 13.8 Å². The highest BCUT2D eigenvalue weighted by atomic mass is 32.2. The zero-order valence-corrected chi connectivity index (χ0v) is 15.4. The van der Waals surface area contributed by atoms with Gasteiger partial charge in [-0.25, -0.2) is 12.8 Å². The molecule has 6 nitrogen and oxygen atoms in total. The van der Waals surface area contributed by atoms with Crippen LogP contribution in [-0.4, -0.2) is 48.5 Å². The zero-order chi connectivity index (χ0) is 18.7. The fraction of sp³-hybridized carbons (Fsp3) is 0.588. The summed E-state index contributed by atoms with van der Waals surface area (Å²) in [7, 11) is -3.87. The average molecular weight is 372 g/mol. The van der Waals surface area contributed by atoms with Gasteiger partial charge in [0.25, 0.3) is 0 Å². The van der Waals surface area contributed by atoms with Crippen LogP contribution in [0.1, 0.15) is 39.5 Å². The fourth-order valence-electron chi connectivity index (χ4n) is 2.90. The lowest BCUT2D eigenvalue weighted by atomic mass is 9.97. The lowest BCUT2D eigenvalue weighted by Crippen LogP contribution is -2.50. The largest absolute Gasteiger partial charge is 0.388 e. The Bertz CT molecular complexity index is 702. The highest BCUT2D eigenvalue weighted by molar-refractivity contribution is 7.89. The van der Waals surface area contributed by atoms with Crippen molar-refractivity contribution >= 4 is 15.9 Å². The van der Waals surface area contributed by atoms with Crippen LogP contribution in [0.2, 0.25) is 0 Å². The zero-order valence-electron chi connectivity index (χ0n) is 14.5. The summed E-state index contributed by atoms with van der Waals surface area (Å²) in [5.41, 5.74) is -0.991. The number of carbonyl (C=O) groups excluding carboxylic acids is 1. The summed E-state index contributed by atoms with van der Waals surface area (Å²) in [6.45, 7) is 3.98. The third-order valence-electron chi connectivity index (χ3n) is 4.83. The summed E-state index contributed by atoms with van der Waals surface area (Å²) in [6.07, 6.45) is 1.98. The molecule has 1 heterocycles. The van der Waals surface area contributed by atoms with E-state index in [1.807, 2.05) is 13.8 Å². The van der Waals surface area contributed by atoms with Crippen LogP contribution in [0.3, 0.4) is 0 Å². The second-order valence-electron chi connectivity index (χ2n) is 6.38. The predicted molar refractivity (Wildman–Crippen MR) is 91.9 cm³/mol. The van der Waals surface area contributed by atoms with Crippen molar-refractivity contribution in [3.63, 3.8) is 0 Å². The quantitative estimate of drug-likeness (QED) is 0.762. The minimum absolute atomic E-state index is 0.0350. The van der Waals surface area contributed by atoms with Crippen LogP contribution >= 0.6 is 0 Å². The van der Waals surface area contributed by atoms with Crippen LogP contribution in [0.15, 0.2) is 29.2 Å². The van der Waals surface area contributed by atoms with E-state index in [0.29, 0.717) is 25.7 Å². The van der Waals surface area contributed by atoms with Crippen molar-refractivity contribution in [1.82, 2.24) is 9.62 Å². The number of sulfonamides is 1. The van der Waals surface area contributed by atoms with Crippen LogP contribution in [-0.2, 0) is 14.8 Å². The topological polar surface area (TPSA) is 86.7 Å². The van der Waals surface area contributed by atoms with Crippen molar-refractivity contribution in [2.45, 2.75) is 56.1 Å². The normalized spacial score (nSPS) is 19.1. The van der Waals surface area contributed by atoms with Crippen LogP contribution < -0.4 is 5.32 Å². The van der Waals surface area contributed by atoms with Gasteiger partial charge in [0.15, 0.2) is 0 Å². The molecule has 1 aliphatic rings. The number of aliphatic hydroxyl groups is 1. The molecule has 0 radical (unpaired) electrons. The van der Waals surface area contributed by atoms with Crippen LogP contribution in [0.4, 0.5) is 4.39 Å². The fourth-order valence-corrected chi connectivity index (χ4v) is 4.56. The Labute approximate surface area is 148 Å². The molecule has 8 heteroatoms. The SMILES string of the molecule is CCC(O)(CC)CNC(=O)C1CCCN1S(=O)(=O)c1ccc(F)cc1. The van der Waals surface area contributed by atoms with E-state index in [4.69, 9.17) is 0 Å². The van der Waals surface area contributed by atoms with E-state index in [1.165, 1.54) is 12.1 Å². The Morgan fingerprint density at radius 1 is 1.32 bits per heavy atom. The molecular formula is C17H25FN2O4S. The van der Waals surface area contributed by atoms with Crippen LogP contribution in [0.25, 0.3) is 0 Å². The maximum absolute atomic E-state index is 13.0. The molecule has 0 bridgehead atoms. The number of hydrogen-bond acceptors (Lipinski definition) is 4. The van der Waals surface area contributed by atoms with Crippen LogP contribution in [0.5, 0.6) is 0 Å². The van der Waals surface area contributed by atoms with E-state index in [2.05, 4.69) is 5.32 Å². The second kappa shape index (κ2) is 7.80. The molecule has 140 valence electrons. The standard InChI is InChI=1S/C17H25FN2O4S/c1-3-17(22,4-2)12-19-16(21)15-6-5-11-20(15)25(23,24)14-9-7-13(18)8-10-14/h7-10,15,22H,3-6,11-12H2,1-2H3,(H,19,21). The minimum atomic E-state index is -3.87. The number of amides is 1. The van der Waals surface area contributed by atoms with E-state index in [0.717, 1.165) is 16.4 Å². The third kappa shape index (κ3) is 4.37. The molecule has 1 saturated heterocycles. The smallest absolute Gasteiger partial charge is 0.243 e. The van der Waals surface area contributed by atoms with Crippen molar-refractivity contribution < 1.29 is 22.7 Å². The summed E-state index contributed by atoms with van der Waals surface area (Å²) in [5, 5.41) is 12.9. The highest BCUT2D eigenvalue weighted by Gasteiger charge is 2.39. The van der Waals surface area contributed by atoms with Gasteiger partial charge in [-0.05, 0) is 49.9 Å². The maximum Gasteiger partial charge on any atom is 0.243 e. The predicted octanol–water partition coefficient (Wildman–Crippen LogP) is 1.65. The molecule has 2 N–H and O–H groups in total. The van der Waals surface area contributed by atoms with Gasteiger partial charge < -0.3 is 10.4 Å². The summed E-state index contributed by atoms with van der Waals surface area (Å²) in [4.78, 5) is 12.4. The lowest BCUT2D eigenvalue weighted by Gasteiger charge is -2.28. The van der Waals surface area contributed by atoms with Crippen molar-refractivity contribution in [1.29, 1.82) is 0 Å². The number of rotatable bonds is 7. The van der Waals surface area contributed by atoms with E-state index >= 15 is 0 Å². The third-order valence-corrected chi connectivity index (χ3v) is 6.76. The van der Waals surface area contributed by atoms with Gasteiger partial charge in [-0.3, -0.25) is 4.79 Å². The first-order valence-corrected chi connectivity index (χ1v) is 9.95. The van der Waals surface area contributed by atoms with Crippen molar-refractivity contribution in [2.75, 3.05) is 13.1 Å². The first kappa shape index (κ1) is 19.8. The highest BCUT2D eigenvalue weighted by Crippen LogP contribution is 2.26.